The molecule has 0 fully saturated rings. The van der Waals surface area contributed by atoms with E-state index in [-0.39, 0.29) is 5.91 Å². The Morgan fingerprint density at radius 3 is 2.47 bits per heavy atom. The number of likely N-dealkylation sites (N-methyl/N-ethyl adjacent to an activating group) is 1. The molecule has 1 amide bonds. The first-order valence-electron chi connectivity index (χ1n) is 12.7. The molecule has 0 saturated heterocycles. The molecule has 3 aromatic carbocycles. The van der Waals surface area contributed by atoms with E-state index in [1.807, 2.05) is 61.6 Å². The minimum Gasteiger partial charge on any atom is -0.493 e. The highest BCUT2D eigenvalue weighted by atomic mass is 32.2. The maximum absolute atomic E-state index is 12.8. The standard InChI is InChI=1S/C30H34N4O3S/c1-22-10-8-13-25(20-22)34-29(24-11-6-5-7-12-24)31-32-30(34)38-19-9-14-28(35)33(2)18-17-23-15-16-26(36-3)27(21-23)37-4/h5-8,10-13,15-16,20-21H,9,14,17-19H2,1-4H3. The molecule has 0 N–H and O–H groups in total. The topological polar surface area (TPSA) is 69.5 Å². The Morgan fingerprint density at radius 2 is 1.74 bits per heavy atom. The van der Waals surface area contributed by atoms with Gasteiger partial charge in [0.1, 0.15) is 0 Å². The molecule has 198 valence electrons. The summed E-state index contributed by atoms with van der Waals surface area (Å²) in [6, 6.07) is 24.3. The molecule has 0 unspecified atom stereocenters. The quantitative estimate of drug-likeness (QED) is 0.169. The number of carbonyl (C=O) groups is 1. The minimum atomic E-state index is 0.135. The van der Waals surface area contributed by atoms with Gasteiger partial charge < -0.3 is 14.4 Å². The van der Waals surface area contributed by atoms with Gasteiger partial charge in [-0.1, -0.05) is 60.3 Å². The van der Waals surface area contributed by atoms with Gasteiger partial charge in [-0.3, -0.25) is 9.36 Å². The molecule has 0 spiro atoms. The van der Waals surface area contributed by atoms with E-state index in [2.05, 4.69) is 39.9 Å². The fraction of sp³-hybridized carbons (Fsp3) is 0.300. The molecule has 38 heavy (non-hydrogen) atoms. The van der Waals surface area contributed by atoms with Crippen molar-refractivity contribution < 1.29 is 14.3 Å². The van der Waals surface area contributed by atoms with E-state index in [1.54, 1.807) is 30.9 Å². The average Bonchev–Trinajstić information content (AvgIpc) is 3.38. The van der Waals surface area contributed by atoms with Gasteiger partial charge in [-0.25, -0.2) is 0 Å². The Bertz CT molecular complexity index is 1360. The van der Waals surface area contributed by atoms with Crippen LogP contribution in [0.25, 0.3) is 17.1 Å². The number of thioether (sulfide) groups is 1. The number of ether oxygens (including phenoxy) is 2. The molecular weight excluding hydrogens is 496 g/mol. The molecule has 0 aliphatic heterocycles. The first-order chi connectivity index (χ1) is 18.5. The summed E-state index contributed by atoms with van der Waals surface area (Å²) in [5.74, 6) is 3.12. The third kappa shape index (κ3) is 6.75. The molecule has 0 atom stereocenters. The molecular formula is C30H34N4O3S. The van der Waals surface area contributed by atoms with Crippen molar-refractivity contribution in [3.63, 3.8) is 0 Å². The summed E-state index contributed by atoms with van der Waals surface area (Å²) < 4.78 is 12.8. The summed E-state index contributed by atoms with van der Waals surface area (Å²) in [4.78, 5) is 14.5. The fourth-order valence-electron chi connectivity index (χ4n) is 4.17. The van der Waals surface area contributed by atoms with Crippen LogP contribution in [0.1, 0.15) is 24.0 Å². The lowest BCUT2D eigenvalue weighted by Gasteiger charge is -2.18. The van der Waals surface area contributed by atoms with Crippen LogP contribution in [0.5, 0.6) is 11.5 Å². The molecule has 8 heteroatoms. The number of hydrogen-bond acceptors (Lipinski definition) is 6. The first kappa shape index (κ1) is 27.3. The first-order valence-corrected chi connectivity index (χ1v) is 13.6. The lowest BCUT2D eigenvalue weighted by Crippen LogP contribution is -2.28. The minimum absolute atomic E-state index is 0.135. The molecule has 4 aromatic rings. The van der Waals surface area contributed by atoms with Crippen LogP contribution in [0, 0.1) is 6.92 Å². The van der Waals surface area contributed by atoms with Crippen molar-refractivity contribution in [1.29, 1.82) is 0 Å². The smallest absolute Gasteiger partial charge is 0.222 e. The number of aromatic nitrogens is 3. The summed E-state index contributed by atoms with van der Waals surface area (Å²) in [5, 5.41) is 9.84. The highest BCUT2D eigenvalue weighted by Gasteiger charge is 2.17. The van der Waals surface area contributed by atoms with Crippen LogP contribution >= 0.6 is 11.8 Å². The summed E-state index contributed by atoms with van der Waals surface area (Å²) >= 11 is 1.63. The number of nitrogens with zero attached hydrogens (tertiary/aromatic N) is 4. The predicted octanol–water partition coefficient (Wildman–Crippen LogP) is 5.83. The molecule has 0 saturated carbocycles. The van der Waals surface area contributed by atoms with Gasteiger partial charge in [-0.05, 0) is 55.2 Å². The van der Waals surface area contributed by atoms with E-state index in [1.165, 1.54) is 5.56 Å². The van der Waals surface area contributed by atoms with Gasteiger partial charge in [0.05, 0.1) is 14.2 Å². The van der Waals surface area contributed by atoms with Crippen LogP contribution in [-0.2, 0) is 11.2 Å². The maximum Gasteiger partial charge on any atom is 0.222 e. The lowest BCUT2D eigenvalue weighted by molar-refractivity contribution is -0.129. The molecule has 4 rings (SSSR count). The summed E-state index contributed by atoms with van der Waals surface area (Å²) in [7, 11) is 5.11. The van der Waals surface area contributed by atoms with Crippen LogP contribution < -0.4 is 9.47 Å². The van der Waals surface area contributed by atoms with Crippen LogP contribution in [0.4, 0.5) is 0 Å². The number of carbonyl (C=O) groups excluding carboxylic acids is 1. The molecule has 0 aliphatic carbocycles. The zero-order valence-electron chi connectivity index (χ0n) is 22.4. The molecule has 0 bridgehead atoms. The monoisotopic (exact) mass is 530 g/mol. The molecule has 1 heterocycles. The second-order valence-corrected chi connectivity index (χ2v) is 10.1. The zero-order valence-corrected chi connectivity index (χ0v) is 23.2. The Balaban J connectivity index is 1.34. The van der Waals surface area contributed by atoms with Gasteiger partial charge in [0.25, 0.3) is 0 Å². The van der Waals surface area contributed by atoms with Crippen molar-refractivity contribution in [2.75, 3.05) is 33.6 Å². The normalized spacial score (nSPS) is 10.8. The fourth-order valence-corrected chi connectivity index (χ4v) is 5.06. The van der Waals surface area contributed by atoms with Crippen LogP contribution in [0.15, 0.2) is 78.0 Å². The Hall–Kier alpha value is -3.78. The van der Waals surface area contributed by atoms with Crippen molar-refractivity contribution in [2.24, 2.45) is 0 Å². The zero-order chi connectivity index (χ0) is 26.9. The van der Waals surface area contributed by atoms with Gasteiger partial charge in [0.2, 0.25) is 5.91 Å². The van der Waals surface area contributed by atoms with E-state index in [9.17, 15) is 4.79 Å². The van der Waals surface area contributed by atoms with E-state index in [0.717, 1.165) is 46.4 Å². The second kappa shape index (κ2) is 13.1. The Morgan fingerprint density at radius 1 is 0.947 bits per heavy atom. The largest absolute Gasteiger partial charge is 0.493 e. The number of hydrogen-bond donors (Lipinski definition) is 0. The highest BCUT2D eigenvalue weighted by molar-refractivity contribution is 7.99. The SMILES string of the molecule is COc1ccc(CCN(C)C(=O)CCCSc2nnc(-c3ccccc3)n2-c2cccc(C)c2)cc1OC. The highest BCUT2D eigenvalue weighted by Crippen LogP contribution is 2.29. The van der Waals surface area contributed by atoms with E-state index < -0.39 is 0 Å². The van der Waals surface area contributed by atoms with E-state index in [0.29, 0.717) is 24.5 Å². The van der Waals surface area contributed by atoms with Gasteiger partial charge >= 0.3 is 0 Å². The van der Waals surface area contributed by atoms with Crippen LogP contribution in [0.3, 0.4) is 0 Å². The van der Waals surface area contributed by atoms with Gasteiger partial charge in [-0.2, -0.15) is 0 Å². The van der Waals surface area contributed by atoms with Crippen LogP contribution in [-0.4, -0.2) is 59.1 Å². The number of methoxy groups -OCH3 is 2. The van der Waals surface area contributed by atoms with E-state index in [4.69, 9.17) is 9.47 Å². The average molecular weight is 531 g/mol. The Kier molecular flexibility index (Phi) is 9.43. The number of aryl methyl sites for hydroxylation is 1. The van der Waals surface area contributed by atoms with Gasteiger partial charge in [0.15, 0.2) is 22.5 Å². The molecule has 0 radical (unpaired) electrons. The summed E-state index contributed by atoms with van der Waals surface area (Å²) in [6.45, 7) is 2.72. The summed E-state index contributed by atoms with van der Waals surface area (Å²) in [6.07, 6.45) is 1.99. The predicted molar refractivity (Wildman–Crippen MR) is 152 cm³/mol. The molecule has 7 nitrogen and oxygen atoms in total. The van der Waals surface area contributed by atoms with E-state index >= 15 is 0 Å². The van der Waals surface area contributed by atoms with Crippen molar-refractivity contribution in [2.45, 2.75) is 31.3 Å². The van der Waals surface area contributed by atoms with Gasteiger partial charge in [0, 0.05) is 37.0 Å². The number of benzene rings is 3. The lowest BCUT2D eigenvalue weighted by atomic mass is 10.1. The summed E-state index contributed by atoms with van der Waals surface area (Å²) in [5.41, 5.74) is 4.32. The van der Waals surface area contributed by atoms with Crippen molar-refractivity contribution in [3.8, 4) is 28.6 Å². The number of rotatable bonds is 12. The Labute approximate surface area is 228 Å². The number of amides is 1. The molecule has 0 aliphatic rings. The van der Waals surface area contributed by atoms with Crippen molar-refractivity contribution in [1.82, 2.24) is 19.7 Å². The maximum atomic E-state index is 12.8. The third-order valence-corrected chi connectivity index (χ3v) is 7.32. The third-order valence-electron chi connectivity index (χ3n) is 6.30. The van der Waals surface area contributed by atoms with Crippen molar-refractivity contribution >= 4 is 17.7 Å². The van der Waals surface area contributed by atoms with Crippen molar-refractivity contribution in [3.05, 3.63) is 83.9 Å². The van der Waals surface area contributed by atoms with Gasteiger partial charge in [-0.15, -0.1) is 10.2 Å². The second-order valence-electron chi connectivity index (χ2n) is 9.05. The molecule has 1 aromatic heterocycles. The van der Waals surface area contributed by atoms with Crippen LogP contribution in [0.2, 0.25) is 0 Å².